The van der Waals surface area contributed by atoms with Gasteiger partial charge < -0.3 is 4.57 Å². The monoisotopic (exact) mass is 222 g/mol. The van der Waals surface area contributed by atoms with E-state index in [-0.39, 0.29) is 0 Å². The number of nitrogens with zero attached hydrogens (tertiary/aromatic N) is 2. The van der Waals surface area contributed by atoms with E-state index in [1.807, 2.05) is 10.8 Å². The van der Waals surface area contributed by atoms with Gasteiger partial charge >= 0.3 is 0 Å². The minimum Gasteiger partial charge on any atom is -0.329 e. The van der Waals surface area contributed by atoms with Crippen molar-refractivity contribution >= 4 is 6.29 Å². The smallest absolute Gasteiger partial charge is 0.185 e. The number of aldehydes is 1. The third kappa shape index (κ3) is 4.60. The van der Waals surface area contributed by atoms with Gasteiger partial charge in [0.2, 0.25) is 0 Å². The van der Waals surface area contributed by atoms with Crippen LogP contribution in [0.5, 0.6) is 0 Å². The largest absolute Gasteiger partial charge is 0.329 e. The Morgan fingerprint density at radius 1 is 1.19 bits per heavy atom. The van der Waals surface area contributed by atoms with Crippen molar-refractivity contribution in [3.63, 3.8) is 0 Å². The van der Waals surface area contributed by atoms with Gasteiger partial charge in [-0.1, -0.05) is 45.4 Å². The van der Waals surface area contributed by atoms with Crippen LogP contribution >= 0.6 is 0 Å². The van der Waals surface area contributed by atoms with Crippen LogP contribution in [0.2, 0.25) is 0 Å². The number of imidazole rings is 1. The summed E-state index contributed by atoms with van der Waals surface area (Å²) in [5.74, 6) is 0.547. The SMILES string of the molecule is CCCCCCCCCn1ccnc1C=O. The van der Waals surface area contributed by atoms with Gasteiger partial charge in [-0.05, 0) is 6.42 Å². The predicted octanol–water partition coefficient (Wildman–Crippen LogP) is 3.45. The van der Waals surface area contributed by atoms with Gasteiger partial charge in [-0.3, -0.25) is 4.79 Å². The van der Waals surface area contributed by atoms with Gasteiger partial charge in [0.15, 0.2) is 12.1 Å². The first-order chi connectivity index (χ1) is 7.88. The van der Waals surface area contributed by atoms with E-state index in [0.29, 0.717) is 5.82 Å². The van der Waals surface area contributed by atoms with Crippen molar-refractivity contribution in [3.05, 3.63) is 18.2 Å². The summed E-state index contributed by atoms with van der Waals surface area (Å²) in [7, 11) is 0. The summed E-state index contributed by atoms with van der Waals surface area (Å²) in [5, 5.41) is 0. The number of rotatable bonds is 9. The summed E-state index contributed by atoms with van der Waals surface area (Å²) in [6, 6.07) is 0. The molecule has 0 N–H and O–H groups in total. The fourth-order valence-corrected chi connectivity index (χ4v) is 1.87. The first-order valence-electron chi connectivity index (χ1n) is 6.34. The number of carbonyl (C=O) groups excluding carboxylic acids is 1. The fraction of sp³-hybridized carbons (Fsp3) is 0.692. The van der Waals surface area contributed by atoms with Crippen molar-refractivity contribution in [1.29, 1.82) is 0 Å². The first kappa shape index (κ1) is 12.9. The Balaban J connectivity index is 2.05. The maximum absolute atomic E-state index is 10.6. The molecule has 0 spiro atoms. The van der Waals surface area contributed by atoms with Crippen LogP contribution in [0.3, 0.4) is 0 Å². The van der Waals surface area contributed by atoms with Crippen molar-refractivity contribution in [2.24, 2.45) is 0 Å². The molecule has 1 heterocycles. The highest BCUT2D eigenvalue weighted by Gasteiger charge is 1.99. The summed E-state index contributed by atoms with van der Waals surface area (Å²) in [6.45, 7) is 3.15. The van der Waals surface area contributed by atoms with Crippen LogP contribution in [0.25, 0.3) is 0 Å². The molecule has 3 nitrogen and oxygen atoms in total. The topological polar surface area (TPSA) is 34.9 Å². The summed E-state index contributed by atoms with van der Waals surface area (Å²) in [6.07, 6.45) is 13.5. The molecule has 0 aliphatic heterocycles. The van der Waals surface area contributed by atoms with E-state index < -0.39 is 0 Å². The fourth-order valence-electron chi connectivity index (χ4n) is 1.87. The lowest BCUT2D eigenvalue weighted by molar-refractivity contribution is 0.111. The van der Waals surface area contributed by atoms with E-state index in [2.05, 4.69) is 11.9 Å². The highest BCUT2D eigenvalue weighted by molar-refractivity contribution is 5.69. The van der Waals surface area contributed by atoms with Crippen LogP contribution in [-0.2, 0) is 6.54 Å². The normalized spacial score (nSPS) is 10.6. The van der Waals surface area contributed by atoms with Crippen LogP contribution < -0.4 is 0 Å². The number of carbonyl (C=O) groups is 1. The third-order valence-electron chi connectivity index (χ3n) is 2.86. The van der Waals surface area contributed by atoms with E-state index >= 15 is 0 Å². The Morgan fingerprint density at radius 3 is 2.56 bits per heavy atom. The maximum atomic E-state index is 10.6. The lowest BCUT2D eigenvalue weighted by Crippen LogP contribution is -2.01. The number of unbranched alkanes of at least 4 members (excludes halogenated alkanes) is 6. The molecule has 0 aromatic carbocycles. The van der Waals surface area contributed by atoms with Gasteiger partial charge in [0.05, 0.1) is 0 Å². The molecule has 0 saturated carbocycles. The third-order valence-corrected chi connectivity index (χ3v) is 2.86. The van der Waals surface area contributed by atoms with Crippen LogP contribution in [0.4, 0.5) is 0 Å². The van der Waals surface area contributed by atoms with Gasteiger partial charge in [0.1, 0.15) is 0 Å². The minimum atomic E-state index is 0.547. The molecule has 0 radical (unpaired) electrons. The Hall–Kier alpha value is -1.12. The standard InChI is InChI=1S/C13H22N2O/c1-2-3-4-5-6-7-8-10-15-11-9-14-13(15)12-16/h9,11-12H,2-8,10H2,1H3. The molecule has 0 saturated heterocycles. The van der Waals surface area contributed by atoms with Crippen LogP contribution in [0, 0.1) is 0 Å². The molecular formula is C13H22N2O. The van der Waals surface area contributed by atoms with Crippen molar-refractivity contribution in [1.82, 2.24) is 9.55 Å². The predicted molar refractivity (Wildman–Crippen MR) is 65.6 cm³/mol. The second-order valence-corrected chi connectivity index (χ2v) is 4.22. The van der Waals surface area contributed by atoms with Crippen LogP contribution in [-0.4, -0.2) is 15.8 Å². The second-order valence-electron chi connectivity index (χ2n) is 4.22. The van der Waals surface area contributed by atoms with Crippen molar-refractivity contribution in [2.45, 2.75) is 58.4 Å². The summed E-state index contributed by atoms with van der Waals surface area (Å²) in [5.41, 5.74) is 0. The van der Waals surface area contributed by atoms with Gasteiger partial charge in [-0.2, -0.15) is 0 Å². The molecule has 0 bridgehead atoms. The van der Waals surface area contributed by atoms with E-state index in [0.717, 1.165) is 19.3 Å². The van der Waals surface area contributed by atoms with Crippen LogP contribution in [0.15, 0.2) is 12.4 Å². The molecule has 0 atom stereocenters. The quantitative estimate of drug-likeness (QED) is 0.474. The summed E-state index contributed by atoms with van der Waals surface area (Å²) >= 11 is 0. The Kier molecular flexibility index (Phi) is 6.54. The van der Waals surface area contributed by atoms with E-state index in [4.69, 9.17) is 0 Å². The van der Waals surface area contributed by atoms with Gasteiger partial charge in [0.25, 0.3) is 0 Å². The Labute approximate surface area is 97.9 Å². The number of aromatic nitrogens is 2. The highest BCUT2D eigenvalue weighted by Crippen LogP contribution is 2.08. The second kappa shape index (κ2) is 8.08. The maximum Gasteiger partial charge on any atom is 0.185 e. The zero-order valence-electron chi connectivity index (χ0n) is 10.2. The van der Waals surface area contributed by atoms with Gasteiger partial charge in [-0.15, -0.1) is 0 Å². The summed E-state index contributed by atoms with van der Waals surface area (Å²) in [4.78, 5) is 14.6. The van der Waals surface area contributed by atoms with E-state index in [1.165, 1.54) is 38.5 Å². The van der Waals surface area contributed by atoms with E-state index in [1.54, 1.807) is 6.20 Å². The molecule has 90 valence electrons. The van der Waals surface area contributed by atoms with Gasteiger partial charge in [-0.25, -0.2) is 4.98 Å². The van der Waals surface area contributed by atoms with Gasteiger partial charge in [0, 0.05) is 18.9 Å². The minimum absolute atomic E-state index is 0.547. The highest BCUT2D eigenvalue weighted by atomic mass is 16.1. The first-order valence-corrected chi connectivity index (χ1v) is 6.34. The lowest BCUT2D eigenvalue weighted by Gasteiger charge is -2.04. The molecular weight excluding hydrogens is 200 g/mol. The average molecular weight is 222 g/mol. The average Bonchev–Trinajstić information content (AvgIpc) is 2.75. The molecule has 0 fully saturated rings. The molecule has 1 aromatic heterocycles. The van der Waals surface area contributed by atoms with Crippen LogP contribution in [0.1, 0.15) is 62.5 Å². The molecule has 0 unspecified atom stereocenters. The molecule has 0 aliphatic carbocycles. The number of hydrogen-bond acceptors (Lipinski definition) is 2. The molecule has 0 amide bonds. The number of hydrogen-bond donors (Lipinski definition) is 0. The van der Waals surface area contributed by atoms with Crippen molar-refractivity contribution in [3.8, 4) is 0 Å². The molecule has 1 aromatic rings. The van der Waals surface area contributed by atoms with Crippen molar-refractivity contribution < 1.29 is 4.79 Å². The molecule has 16 heavy (non-hydrogen) atoms. The summed E-state index contributed by atoms with van der Waals surface area (Å²) < 4.78 is 1.93. The molecule has 1 rings (SSSR count). The molecule has 3 heteroatoms. The molecule has 0 aliphatic rings. The van der Waals surface area contributed by atoms with E-state index in [9.17, 15) is 4.79 Å². The Morgan fingerprint density at radius 2 is 1.88 bits per heavy atom. The zero-order valence-corrected chi connectivity index (χ0v) is 10.2. The lowest BCUT2D eigenvalue weighted by atomic mass is 10.1. The van der Waals surface area contributed by atoms with Crippen molar-refractivity contribution in [2.75, 3.05) is 0 Å². The number of aryl methyl sites for hydroxylation is 1. The zero-order chi connectivity index (χ0) is 11.6. The Bertz CT molecular complexity index is 294.